The summed E-state index contributed by atoms with van der Waals surface area (Å²) in [5.74, 6) is -2.95. The monoisotopic (exact) mass is 1110 g/mol. The Morgan fingerprint density at radius 1 is 0.520 bits per heavy atom. The Morgan fingerprint density at radius 3 is 1.35 bits per heavy atom. The van der Waals surface area contributed by atoms with E-state index in [4.69, 9.17) is 23.7 Å². The standard InChI is InChI=1S/C30H31FO9S2.C24H25FO6S2/c1-16-6-7-21(14-22(16)15-24-12-13-25(41-24)20-8-10-23(31)11-9-20)26-27(37-17(2)32)28(38-18(3)33)29(39-19(4)34)30(40-26)42(5,35)36;1-13-3-4-15(23-21(27)20(26)22(28)24(31-23)33(2,29)30)11-16(13)12-18-9-10-19(32-18)14-5-7-17(25)8-6-14/h6-14,26-30H,15H2,1-5H3;3-11,20-24,26-28H,12H2,1-2H3/t26-,27-,28+,29-,30+;20-,21-,22+,23+,24-/m01/s1. The zero-order valence-corrected chi connectivity index (χ0v) is 45.0. The van der Waals surface area contributed by atoms with Crippen LogP contribution in [-0.2, 0) is 70.6 Å². The number of hydrogen-bond donors (Lipinski definition) is 3. The van der Waals surface area contributed by atoms with E-state index in [1.807, 2.05) is 62.4 Å². The molecule has 10 atom stereocenters. The van der Waals surface area contributed by atoms with Gasteiger partial charge in [-0.3, -0.25) is 14.4 Å². The van der Waals surface area contributed by atoms with Crippen molar-refractivity contribution in [3.05, 3.63) is 164 Å². The van der Waals surface area contributed by atoms with E-state index in [9.17, 15) is 55.3 Å². The Kier molecular flexibility index (Phi) is 18.0. The molecule has 400 valence electrons. The van der Waals surface area contributed by atoms with E-state index < -0.39 is 97.3 Å². The summed E-state index contributed by atoms with van der Waals surface area (Å²) in [4.78, 5) is 40.3. The number of aliphatic hydroxyl groups is 3. The fourth-order valence-electron chi connectivity index (χ4n) is 8.84. The van der Waals surface area contributed by atoms with Crippen molar-refractivity contribution in [3.8, 4) is 20.9 Å². The third-order valence-electron chi connectivity index (χ3n) is 12.5. The maximum Gasteiger partial charge on any atom is 0.303 e. The Labute approximate surface area is 441 Å². The van der Waals surface area contributed by atoms with Crippen LogP contribution in [0.5, 0.6) is 0 Å². The second-order valence-electron chi connectivity index (χ2n) is 18.5. The molecular formula is C54H56F2O15S4. The zero-order valence-electron chi connectivity index (χ0n) is 41.7. The number of thiophene rings is 2. The van der Waals surface area contributed by atoms with E-state index in [1.165, 1.54) is 24.3 Å². The van der Waals surface area contributed by atoms with Gasteiger partial charge in [-0.1, -0.05) is 60.7 Å². The number of ether oxygens (including phenoxy) is 5. The van der Waals surface area contributed by atoms with Crippen LogP contribution in [-0.4, -0.2) is 110 Å². The van der Waals surface area contributed by atoms with Gasteiger partial charge in [0.25, 0.3) is 0 Å². The van der Waals surface area contributed by atoms with E-state index >= 15 is 0 Å². The summed E-state index contributed by atoms with van der Waals surface area (Å²) in [5.41, 5.74) is 3.26. The van der Waals surface area contributed by atoms with Crippen molar-refractivity contribution in [2.75, 3.05) is 12.5 Å². The van der Waals surface area contributed by atoms with Crippen LogP contribution in [0.4, 0.5) is 8.78 Å². The van der Waals surface area contributed by atoms with E-state index in [1.54, 1.807) is 59.1 Å². The first-order valence-corrected chi connectivity index (χ1v) is 28.9. The predicted molar refractivity (Wildman–Crippen MR) is 277 cm³/mol. The minimum atomic E-state index is -4.03. The molecule has 21 heteroatoms. The smallest absolute Gasteiger partial charge is 0.303 e. The molecule has 0 aliphatic carbocycles. The Morgan fingerprint density at radius 2 is 0.920 bits per heavy atom. The van der Waals surface area contributed by atoms with Crippen LogP contribution in [0.25, 0.3) is 20.9 Å². The lowest BCUT2D eigenvalue weighted by atomic mass is 9.91. The van der Waals surface area contributed by atoms with Gasteiger partial charge in [-0.05, 0) is 107 Å². The maximum absolute atomic E-state index is 13.4. The highest BCUT2D eigenvalue weighted by Gasteiger charge is 2.55. The average molecular weight is 1110 g/mol. The minimum absolute atomic E-state index is 0.286. The van der Waals surface area contributed by atoms with Crippen molar-refractivity contribution in [2.45, 2.75) is 107 Å². The highest BCUT2D eigenvalue weighted by Crippen LogP contribution is 2.41. The molecule has 0 spiro atoms. The number of aliphatic hydroxyl groups excluding tert-OH is 3. The predicted octanol–water partition coefficient (Wildman–Crippen LogP) is 7.67. The van der Waals surface area contributed by atoms with E-state index in [0.717, 1.165) is 86.2 Å². The highest BCUT2D eigenvalue weighted by atomic mass is 32.2. The summed E-state index contributed by atoms with van der Waals surface area (Å²) >= 11 is 3.14. The van der Waals surface area contributed by atoms with Crippen LogP contribution >= 0.6 is 22.7 Å². The Bertz CT molecular complexity index is 3250. The van der Waals surface area contributed by atoms with Gasteiger partial charge in [0.05, 0.1) is 0 Å². The van der Waals surface area contributed by atoms with Crippen LogP contribution in [0.15, 0.2) is 109 Å². The van der Waals surface area contributed by atoms with E-state index in [2.05, 4.69) is 0 Å². The summed E-state index contributed by atoms with van der Waals surface area (Å²) in [7, 11) is -7.86. The number of esters is 3. The third kappa shape index (κ3) is 14.0. The molecule has 2 aliphatic rings. The highest BCUT2D eigenvalue weighted by molar-refractivity contribution is 7.91. The molecule has 0 unspecified atom stereocenters. The average Bonchev–Trinajstić information content (AvgIpc) is 4.00. The first-order chi connectivity index (χ1) is 35.3. The maximum atomic E-state index is 13.4. The lowest BCUT2D eigenvalue weighted by Crippen LogP contribution is -2.60. The lowest BCUT2D eigenvalue weighted by Gasteiger charge is -2.44. The van der Waals surface area contributed by atoms with Gasteiger partial charge in [-0.25, -0.2) is 25.6 Å². The van der Waals surface area contributed by atoms with Crippen LogP contribution in [0.1, 0.15) is 76.1 Å². The number of aryl methyl sites for hydroxylation is 2. The third-order valence-corrected chi connectivity index (χ3v) is 17.3. The Hall–Kier alpha value is -5.75. The second kappa shape index (κ2) is 23.6. The zero-order chi connectivity index (χ0) is 54.7. The first-order valence-electron chi connectivity index (χ1n) is 23.4. The Balaban J connectivity index is 0.000000225. The number of carbonyl (C=O) groups excluding carboxylic acids is 3. The van der Waals surface area contributed by atoms with Gasteiger partial charge in [-0.2, -0.15) is 0 Å². The fourth-order valence-corrected chi connectivity index (χ4v) is 12.9. The van der Waals surface area contributed by atoms with Crippen molar-refractivity contribution < 1.29 is 79.0 Å². The molecule has 4 aromatic carbocycles. The van der Waals surface area contributed by atoms with Crippen LogP contribution < -0.4 is 0 Å². The van der Waals surface area contributed by atoms with Gasteiger partial charge in [0, 0.05) is 65.6 Å². The van der Waals surface area contributed by atoms with Gasteiger partial charge >= 0.3 is 17.9 Å². The first kappa shape index (κ1) is 57.0. The summed E-state index contributed by atoms with van der Waals surface area (Å²) in [6, 6.07) is 31.2. The van der Waals surface area contributed by atoms with Crippen molar-refractivity contribution in [3.63, 3.8) is 0 Å². The summed E-state index contributed by atoms with van der Waals surface area (Å²) in [6.45, 7) is 7.22. The molecular weight excluding hydrogens is 1050 g/mol. The van der Waals surface area contributed by atoms with Crippen molar-refractivity contribution >= 4 is 60.3 Å². The molecule has 0 radical (unpaired) electrons. The number of hydrogen-bond acceptors (Lipinski definition) is 17. The van der Waals surface area contributed by atoms with E-state index in [0.29, 0.717) is 24.0 Å². The molecule has 8 rings (SSSR count). The molecule has 2 aliphatic heterocycles. The normalized spacial score (nSPS) is 23.8. The van der Waals surface area contributed by atoms with Gasteiger partial charge in [0.1, 0.15) is 42.2 Å². The molecule has 2 saturated heterocycles. The van der Waals surface area contributed by atoms with Gasteiger partial charge in [0.2, 0.25) is 0 Å². The number of halogens is 2. The molecule has 2 aromatic heterocycles. The molecule has 3 N–H and O–H groups in total. The number of benzene rings is 4. The SMILES string of the molecule is CC(=O)O[C@@H]1[C@@H](OC(C)=O)[C@H](c2ccc(C)c(Cc3ccc(-c4ccc(F)cc4)s3)c2)O[C@H](S(C)(=O)=O)[C@H]1OC(C)=O.Cc1ccc([C@@H]2O[C@H](S(C)(=O)=O)[C@@H](O)[C@H](O)[C@H]2O)cc1Cc1ccc(-c2ccc(F)cc2)s1. The van der Waals surface area contributed by atoms with Crippen LogP contribution in [0.2, 0.25) is 0 Å². The number of sulfone groups is 2. The van der Waals surface area contributed by atoms with Gasteiger partial charge in [-0.15, -0.1) is 22.7 Å². The lowest BCUT2D eigenvalue weighted by molar-refractivity contribution is -0.234. The molecule has 0 saturated carbocycles. The number of rotatable bonds is 13. The summed E-state index contributed by atoms with van der Waals surface area (Å²) in [5, 5.41) is 30.8. The molecule has 4 heterocycles. The molecule has 15 nitrogen and oxygen atoms in total. The largest absolute Gasteiger partial charge is 0.455 e. The summed E-state index contributed by atoms with van der Waals surface area (Å²) < 4.78 is 104. The quantitative estimate of drug-likeness (QED) is 0.0745. The minimum Gasteiger partial charge on any atom is -0.455 e. The molecule has 75 heavy (non-hydrogen) atoms. The van der Waals surface area contributed by atoms with Crippen molar-refractivity contribution in [1.82, 2.24) is 0 Å². The van der Waals surface area contributed by atoms with Crippen LogP contribution in [0, 0.1) is 25.5 Å². The number of carbonyl (C=O) groups is 3. The van der Waals surface area contributed by atoms with E-state index in [-0.39, 0.29) is 11.6 Å². The van der Waals surface area contributed by atoms with Crippen molar-refractivity contribution in [2.24, 2.45) is 0 Å². The molecule has 0 bridgehead atoms. The van der Waals surface area contributed by atoms with Crippen LogP contribution in [0.3, 0.4) is 0 Å². The topological polar surface area (TPSA) is 226 Å². The van der Waals surface area contributed by atoms with Crippen molar-refractivity contribution in [1.29, 1.82) is 0 Å². The van der Waals surface area contributed by atoms with Gasteiger partial charge in [0.15, 0.2) is 48.9 Å². The fraction of sp³-hybridized carbons (Fsp3) is 0.352. The summed E-state index contributed by atoms with van der Waals surface area (Å²) in [6.07, 6.45) is -8.60. The van der Waals surface area contributed by atoms with Gasteiger partial charge < -0.3 is 39.0 Å². The second-order valence-corrected chi connectivity index (χ2v) is 25.1. The molecule has 2 fully saturated rings. The molecule has 6 aromatic rings. The molecule has 0 amide bonds.